The van der Waals surface area contributed by atoms with Crippen LogP contribution in [0.2, 0.25) is 0 Å². The van der Waals surface area contributed by atoms with Crippen molar-refractivity contribution in [2.45, 2.75) is 44.2 Å². The Labute approximate surface area is 181 Å². The number of benzene rings is 2. The molecule has 0 saturated heterocycles. The topological polar surface area (TPSA) is 80.9 Å². The van der Waals surface area contributed by atoms with Crippen LogP contribution in [0, 0.1) is 0 Å². The number of hydrogen-bond donors (Lipinski definition) is 2. The molecule has 0 radical (unpaired) electrons. The number of nitrogens with one attached hydrogen (secondary N) is 1. The molecule has 1 saturated carbocycles. The summed E-state index contributed by atoms with van der Waals surface area (Å²) in [6, 6.07) is 12.9. The summed E-state index contributed by atoms with van der Waals surface area (Å²) in [6.45, 7) is 0.755. The van der Waals surface area contributed by atoms with Gasteiger partial charge in [-0.15, -0.1) is 0 Å². The molecule has 3 aromatic rings. The molecule has 6 heteroatoms. The molecule has 0 amide bonds. The molecule has 1 aliphatic carbocycles. The second kappa shape index (κ2) is 9.98. The minimum atomic E-state index is -0.564. The van der Waals surface area contributed by atoms with Gasteiger partial charge < -0.3 is 24.3 Å². The molecule has 31 heavy (non-hydrogen) atoms. The van der Waals surface area contributed by atoms with Crippen molar-refractivity contribution in [2.24, 2.45) is 0 Å². The van der Waals surface area contributed by atoms with Crippen LogP contribution in [-0.2, 0) is 0 Å². The highest BCUT2D eigenvalue weighted by Crippen LogP contribution is 2.24. The van der Waals surface area contributed by atoms with Crippen molar-refractivity contribution in [3.8, 4) is 22.6 Å². The lowest BCUT2D eigenvalue weighted by atomic mass is 9.95. The van der Waals surface area contributed by atoms with E-state index in [1.807, 2.05) is 12.1 Å². The van der Waals surface area contributed by atoms with E-state index in [1.54, 1.807) is 37.4 Å². The fourth-order valence-corrected chi connectivity index (χ4v) is 4.03. The van der Waals surface area contributed by atoms with Gasteiger partial charge in [0, 0.05) is 18.7 Å². The van der Waals surface area contributed by atoms with Crippen LogP contribution in [0.1, 0.15) is 32.1 Å². The van der Waals surface area contributed by atoms with Gasteiger partial charge in [0.1, 0.15) is 36.1 Å². The van der Waals surface area contributed by atoms with E-state index < -0.39 is 6.10 Å². The number of aliphatic hydroxyl groups excluding tert-OH is 1. The Kier molecular flexibility index (Phi) is 6.89. The molecule has 6 nitrogen and oxygen atoms in total. The zero-order valence-electron chi connectivity index (χ0n) is 17.8. The summed E-state index contributed by atoms with van der Waals surface area (Å²) >= 11 is 0. The van der Waals surface area contributed by atoms with E-state index in [1.165, 1.54) is 38.4 Å². The first-order valence-corrected chi connectivity index (χ1v) is 10.9. The summed E-state index contributed by atoms with van der Waals surface area (Å²) in [5.41, 5.74) is 1.63. The van der Waals surface area contributed by atoms with Gasteiger partial charge in [-0.25, -0.2) is 0 Å². The van der Waals surface area contributed by atoms with E-state index >= 15 is 0 Å². The van der Waals surface area contributed by atoms with Gasteiger partial charge >= 0.3 is 0 Å². The van der Waals surface area contributed by atoms with E-state index in [0.29, 0.717) is 40.6 Å². The largest absolute Gasteiger partial charge is 0.497 e. The van der Waals surface area contributed by atoms with E-state index in [0.717, 1.165) is 5.56 Å². The van der Waals surface area contributed by atoms with Crippen LogP contribution in [0.4, 0.5) is 0 Å². The molecule has 1 aliphatic rings. The molecule has 2 aromatic carbocycles. The molecule has 2 N–H and O–H groups in total. The number of rotatable bonds is 8. The highest BCUT2D eigenvalue weighted by Gasteiger charge is 2.15. The summed E-state index contributed by atoms with van der Waals surface area (Å²) < 4.78 is 16.6. The second-order valence-corrected chi connectivity index (χ2v) is 8.07. The third-order valence-electron chi connectivity index (χ3n) is 5.84. The molecular weight excluding hydrogens is 394 g/mol. The van der Waals surface area contributed by atoms with Crippen LogP contribution < -0.4 is 20.2 Å². The molecule has 4 rings (SSSR count). The number of ether oxygens (including phenoxy) is 2. The molecule has 0 bridgehead atoms. The quantitative estimate of drug-likeness (QED) is 0.567. The molecule has 1 atom stereocenters. The van der Waals surface area contributed by atoms with Gasteiger partial charge in [0.05, 0.1) is 18.1 Å². The maximum atomic E-state index is 12.9. The maximum absolute atomic E-state index is 12.9. The lowest BCUT2D eigenvalue weighted by Crippen LogP contribution is -2.38. The fraction of sp³-hybridized carbons (Fsp3) is 0.400. The van der Waals surface area contributed by atoms with Crippen molar-refractivity contribution in [3.05, 3.63) is 59.0 Å². The summed E-state index contributed by atoms with van der Waals surface area (Å²) in [7, 11) is 1.57. The Hall–Kier alpha value is -2.83. The minimum absolute atomic E-state index is 0.0956. The number of aliphatic hydroxyl groups is 1. The van der Waals surface area contributed by atoms with Crippen LogP contribution in [0.3, 0.4) is 0 Å². The SMILES string of the molecule is COc1ccc2c(=O)c(-c3ccc(OCC(O)CNC4CCCCC4)cc3)coc2c1. The number of methoxy groups -OCH3 is 1. The van der Waals surface area contributed by atoms with Crippen molar-refractivity contribution >= 4 is 11.0 Å². The lowest BCUT2D eigenvalue weighted by molar-refractivity contribution is 0.102. The van der Waals surface area contributed by atoms with Gasteiger partial charge in [-0.05, 0) is 42.7 Å². The van der Waals surface area contributed by atoms with E-state index in [2.05, 4.69) is 5.32 Å². The van der Waals surface area contributed by atoms with Crippen molar-refractivity contribution in [1.82, 2.24) is 5.32 Å². The Morgan fingerprint density at radius 2 is 1.84 bits per heavy atom. The smallest absolute Gasteiger partial charge is 0.200 e. The Morgan fingerprint density at radius 3 is 2.58 bits per heavy atom. The second-order valence-electron chi connectivity index (χ2n) is 8.07. The zero-order chi connectivity index (χ0) is 21.6. The van der Waals surface area contributed by atoms with Gasteiger partial charge in [-0.2, -0.15) is 0 Å². The fourth-order valence-electron chi connectivity index (χ4n) is 4.03. The van der Waals surface area contributed by atoms with Gasteiger partial charge in [-0.1, -0.05) is 31.4 Å². The molecule has 1 fully saturated rings. The first kappa shape index (κ1) is 21.4. The highest BCUT2D eigenvalue weighted by atomic mass is 16.5. The molecule has 164 valence electrons. The standard InChI is InChI=1S/C25H29NO5/c1-29-21-11-12-22-24(13-21)31-16-23(25(22)28)17-7-9-20(10-8-17)30-15-19(27)14-26-18-5-3-2-4-6-18/h7-13,16,18-19,26-27H,2-6,14-15H2,1H3. The Morgan fingerprint density at radius 1 is 1.10 bits per heavy atom. The number of hydrogen-bond acceptors (Lipinski definition) is 6. The van der Waals surface area contributed by atoms with E-state index in [-0.39, 0.29) is 12.0 Å². The first-order chi connectivity index (χ1) is 15.1. The van der Waals surface area contributed by atoms with Crippen LogP contribution in [0.15, 0.2) is 57.9 Å². The minimum Gasteiger partial charge on any atom is -0.497 e. The lowest BCUT2D eigenvalue weighted by Gasteiger charge is -2.24. The molecule has 0 spiro atoms. The third kappa shape index (κ3) is 5.27. The first-order valence-electron chi connectivity index (χ1n) is 10.9. The van der Waals surface area contributed by atoms with Crippen LogP contribution in [-0.4, -0.2) is 37.5 Å². The zero-order valence-corrected chi connectivity index (χ0v) is 17.8. The normalized spacial score (nSPS) is 15.7. The molecule has 1 unspecified atom stereocenters. The predicted octanol–water partition coefficient (Wildman–Crippen LogP) is 4.13. The molecule has 1 aromatic heterocycles. The molecule has 0 aliphatic heterocycles. The predicted molar refractivity (Wildman–Crippen MR) is 121 cm³/mol. The molecule has 1 heterocycles. The van der Waals surface area contributed by atoms with E-state index in [4.69, 9.17) is 13.9 Å². The monoisotopic (exact) mass is 423 g/mol. The van der Waals surface area contributed by atoms with E-state index in [9.17, 15) is 9.90 Å². The van der Waals surface area contributed by atoms with Gasteiger partial charge in [0.25, 0.3) is 0 Å². The van der Waals surface area contributed by atoms with Crippen molar-refractivity contribution in [2.75, 3.05) is 20.3 Å². The highest BCUT2D eigenvalue weighted by molar-refractivity contribution is 5.82. The van der Waals surface area contributed by atoms with Gasteiger partial charge in [-0.3, -0.25) is 4.79 Å². The van der Waals surface area contributed by atoms with Crippen molar-refractivity contribution in [1.29, 1.82) is 0 Å². The Bertz CT molecular complexity index is 1050. The van der Waals surface area contributed by atoms with Gasteiger partial charge in [0.15, 0.2) is 5.43 Å². The Balaban J connectivity index is 1.36. The molecular formula is C25H29NO5. The van der Waals surface area contributed by atoms with Gasteiger partial charge in [0.2, 0.25) is 0 Å². The summed E-state index contributed by atoms with van der Waals surface area (Å²) in [4.78, 5) is 12.9. The average Bonchev–Trinajstić information content (AvgIpc) is 2.82. The van der Waals surface area contributed by atoms with Crippen LogP contribution >= 0.6 is 0 Å². The summed E-state index contributed by atoms with van der Waals surface area (Å²) in [5, 5.41) is 14.1. The average molecular weight is 424 g/mol. The number of fused-ring (bicyclic) bond motifs is 1. The summed E-state index contributed by atoms with van der Waals surface area (Å²) in [5.74, 6) is 1.29. The van der Waals surface area contributed by atoms with Crippen molar-refractivity contribution < 1.29 is 19.0 Å². The maximum Gasteiger partial charge on any atom is 0.200 e. The summed E-state index contributed by atoms with van der Waals surface area (Å²) in [6.07, 6.45) is 7.12. The third-order valence-corrected chi connectivity index (χ3v) is 5.84. The van der Waals surface area contributed by atoms with Crippen LogP contribution in [0.25, 0.3) is 22.1 Å². The van der Waals surface area contributed by atoms with Crippen molar-refractivity contribution in [3.63, 3.8) is 0 Å². The van der Waals surface area contributed by atoms with Crippen LogP contribution in [0.5, 0.6) is 11.5 Å².